The van der Waals surface area contributed by atoms with Crippen molar-refractivity contribution >= 4 is 20.4 Å². The van der Waals surface area contributed by atoms with Crippen LogP contribution in [0.5, 0.6) is 0 Å². The van der Waals surface area contributed by atoms with E-state index in [0.717, 1.165) is 22.8 Å². The van der Waals surface area contributed by atoms with Gasteiger partial charge in [-0.05, 0) is 38.1 Å². The Morgan fingerprint density at radius 3 is 1.47 bits per heavy atom. The van der Waals surface area contributed by atoms with Crippen molar-refractivity contribution in [1.29, 1.82) is 0 Å². The van der Waals surface area contributed by atoms with E-state index >= 15 is 0 Å². The van der Waals surface area contributed by atoms with Gasteiger partial charge in [0.2, 0.25) is 0 Å². The molecule has 0 spiro atoms. The fourth-order valence-electron chi connectivity index (χ4n) is 1.37. The van der Waals surface area contributed by atoms with Gasteiger partial charge >= 0.3 is 33.0 Å². The van der Waals surface area contributed by atoms with Gasteiger partial charge in [-0.15, -0.1) is 0 Å². The molecule has 0 N–H and O–H groups in total. The summed E-state index contributed by atoms with van der Waals surface area (Å²) in [6.45, 7) is 3.97. The van der Waals surface area contributed by atoms with Crippen LogP contribution in [0.1, 0.15) is 11.4 Å². The Labute approximate surface area is 116 Å². The Balaban J connectivity index is 0.000000437. The molecule has 0 radical (unpaired) electrons. The van der Waals surface area contributed by atoms with Gasteiger partial charge in [0.25, 0.3) is 0 Å². The van der Waals surface area contributed by atoms with E-state index in [0.29, 0.717) is 12.7 Å². The molecule has 17 heavy (non-hydrogen) atoms. The van der Waals surface area contributed by atoms with Crippen LogP contribution in [0.25, 0.3) is 11.4 Å². The summed E-state index contributed by atoms with van der Waals surface area (Å²) >= 11 is 0.569. The SMILES string of the molecule is Cc1cccc(-c2cccc(C)n2)n1.[Cl][Ni][Cl]. The van der Waals surface area contributed by atoms with Crippen molar-refractivity contribution in [3.05, 3.63) is 47.8 Å². The van der Waals surface area contributed by atoms with Crippen LogP contribution in [0.4, 0.5) is 0 Å². The number of aryl methyl sites for hydroxylation is 2. The molecule has 0 aliphatic rings. The summed E-state index contributed by atoms with van der Waals surface area (Å²) in [6, 6.07) is 11.9. The zero-order valence-electron chi connectivity index (χ0n) is 9.43. The molecule has 0 aromatic carbocycles. The number of rotatable bonds is 1. The molecular weight excluding hydrogens is 302 g/mol. The average Bonchev–Trinajstić information content (AvgIpc) is 2.30. The third-order valence-corrected chi connectivity index (χ3v) is 2.04. The molecule has 0 unspecified atom stereocenters. The zero-order valence-corrected chi connectivity index (χ0v) is 11.9. The standard InChI is InChI=1S/C12H12N2.2ClH.Ni/c1-9-5-3-7-11(13-9)12-8-4-6-10(2)14-12;;;/h3-8H,1-2H3;2*1H;/q;;;+2/p-2. The quantitative estimate of drug-likeness (QED) is 0.740. The van der Waals surface area contributed by atoms with Gasteiger partial charge in [-0.25, -0.2) is 0 Å². The van der Waals surface area contributed by atoms with Crippen LogP contribution in [-0.2, 0) is 12.7 Å². The zero-order chi connectivity index (χ0) is 12.7. The summed E-state index contributed by atoms with van der Waals surface area (Å²) in [5.74, 6) is 0. The van der Waals surface area contributed by atoms with E-state index in [4.69, 9.17) is 20.4 Å². The monoisotopic (exact) mass is 312 g/mol. The summed E-state index contributed by atoms with van der Waals surface area (Å²) < 4.78 is 0. The predicted molar refractivity (Wildman–Crippen MR) is 68.6 cm³/mol. The van der Waals surface area contributed by atoms with Gasteiger partial charge in [-0.3, -0.25) is 9.97 Å². The summed E-state index contributed by atoms with van der Waals surface area (Å²) in [5.41, 5.74) is 3.92. The molecule has 2 nitrogen and oxygen atoms in total. The molecule has 2 heterocycles. The molecule has 0 saturated heterocycles. The van der Waals surface area contributed by atoms with Crippen molar-refractivity contribution in [1.82, 2.24) is 9.97 Å². The maximum absolute atomic E-state index is 4.70. The number of aromatic nitrogens is 2. The van der Waals surface area contributed by atoms with Crippen molar-refractivity contribution in [2.45, 2.75) is 13.8 Å². The molecule has 2 aromatic heterocycles. The fourth-order valence-corrected chi connectivity index (χ4v) is 1.37. The van der Waals surface area contributed by atoms with Gasteiger partial charge in [0.1, 0.15) is 0 Å². The summed E-state index contributed by atoms with van der Waals surface area (Å²) in [6.07, 6.45) is 0. The summed E-state index contributed by atoms with van der Waals surface area (Å²) in [4.78, 5) is 8.84. The van der Waals surface area contributed by atoms with Crippen LogP contribution < -0.4 is 0 Å². The molecule has 0 saturated carbocycles. The molecule has 2 aromatic rings. The first-order chi connectivity index (χ1) is 8.17. The fraction of sp³-hybridized carbons (Fsp3) is 0.167. The van der Waals surface area contributed by atoms with Gasteiger partial charge in [0.05, 0.1) is 11.4 Å². The van der Waals surface area contributed by atoms with Crippen molar-refractivity contribution in [2.24, 2.45) is 0 Å². The first-order valence-corrected chi connectivity index (χ1v) is 7.59. The first-order valence-electron chi connectivity index (χ1n) is 4.87. The second-order valence-corrected chi connectivity index (χ2v) is 5.00. The summed E-state index contributed by atoms with van der Waals surface area (Å²) in [5, 5.41) is 0. The van der Waals surface area contributed by atoms with E-state index in [1.165, 1.54) is 0 Å². The third kappa shape index (κ3) is 5.03. The minimum absolute atomic E-state index is 0.569. The van der Waals surface area contributed by atoms with Crippen LogP contribution >= 0.6 is 20.4 Å². The van der Waals surface area contributed by atoms with E-state index in [-0.39, 0.29) is 0 Å². The predicted octanol–water partition coefficient (Wildman–Crippen LogP) is 4.14. The van der Waals surface area contributed by atoms with E-state index in [1.54, 1.807) is 0 Å². The van der Waals surface area contributed by atoms with Gasteiger partial charge in [-0.1, -0.05) is 12.1 Å². The molecule has 0 aliphatic carbocycles. The number of pyridine rings is 2. The van der Waals surface area contributed by atoms with Gasteiger partial charge in [0.15, 0.2) is 0 Å². The van der Waals surface area contributed by atoms with Crippen LogP contribution in [-0.4, -0.2) is 9.97 Å². The van der Waals surface area contributed by atoms with Crippen molar-refractivity contribution < 1.29 is 12.7 Å². The van der Waals surface area contributed by atoms with E-state index in [1.807, 2.05) is 50.2 Å². The van der Waals surface area contributed by atoms with E-state index < -0.39 is 0 Å². The van der Waals surface area contributed by atoms with Gasteiger partial charge in [0, 0.05) is 11.4 Å². The second-order valence-electron chi connectivity index (χ2n) is 3.37. The Kier molecular flexibility index (Phi) is 6.50. The molecule has 2 rings (SSSR count). The normalized spacial score (nSPS) is 9.65. The van der Waals surface area contributed by atoms with Crippen molar-refractivity contribution in [3.63, 3.8) is 0 Å². The number of hydrogen-bond acceptors (Lipinski definition) is 2. The summed E-state index contributed by atoms with van der Waals surface area (Å²) in [7, 11) is 9.40. The first kappa shape index (κ1) is 14.4. The van der Waals surface area contributed by atoms with E-state index in [9.17, 15) is 0 Å². The molecule has 0 bridgehead atoms. The van der Waals surface area contributed by atoms with Crippen molar-refractivity contribution in [2.75, 3.05) is 0 Å². The van der Waals surface area contributed by atoms with Crippen LogP contribution in [0, 0.1) is 13.8 Å². The minimum atomic E-state index is 0.569. The Morgan fingerprint density at radius 1 is 0.824 bits per heavy atom. The maximum atomic E-state index is 4.70. The second kappa shape index (κ2) is 7.65. The van der Waals surface area contributed by atoms with Crippen LogP contribution in [0.15, 0.2) is 36.4 Å². The topological polar surface area (TPSA) is 25.8 Å². The molecule has 0 fully saturated rings. The molecule has 94 valence electrons. The van der Waals surface area contributed by atoms with Crippen LogP contribution in [0.3, 0.4) is 0 Å². The Bertz CT molecular complexity index is 434. The Hall–Kier alpha value is -0.626. The number of halogens is 2. The van der Waals surface area contributed by atoms with Crippen molar-refractivity contribution in [3.8, 4) is 11.4 Å². The third-order valence-electron chi connectivity index (χ3n) is 2.04. The molecule has 5 heteroatoms. The molecule has 0 atom stereocenters. The molecule has 0 aliphatic heterocycles. The average molecular weight is 314 g/mol. The molecular formula is C12H12Cl2N2Ni. The van der Waals surface area contributed by atoms with Gasteiger partial charge in [-0.2, -0.15) is 0 Å². The number of hydrogen-bond donors (Lipinski definition) is 0. The van der Waals surface area contributed by atoms with Crippen LogP contribution in [0.2, 0.25) is 0 Å². The van der Waals surface area contributed by atoms with Gasteiger partial charge < -0.3 is 0 Å². The van der Waals surface area contributed by atoms with E-state index in [2.05, 4.69) is 9.97 Å². The number of nitrogens with zero attached hydrogens (tertiary/aromatic N) is 2. The Morgan fingerprint density at radius 2 is 1.18 bits per heavy atom. The molecule has 0 amide bonds.